The first-order valence-corrected chi connectivity index (χ1v) is 9.44. The van der Waals surface area contributed by atoms with Crippen molar-refractivity contribution < 1.29 is 0 Å². The van der Waals surface area contributed by atoms with Crippen LogP contribution in [-0.2, 0) is 0 Å². The topological polar surface area (TPSA) is 12.9 Å². The molecule has 0 fully saturated rings. The zero-order chi connectivity index (χ0) is 18.9. The monoisotopic (exact) mass is 337 g/mol. The van der Waals surface area contributed by atoms with E-state index >= 15 is 0 Å². The molecule has 2 unspecified atom stereocenters. The van der Waals surface area contributed by atoms with Crippen molar-refractivity contribution in [2.24, 2.45) is 16.2 Å². The van der Waals surface area contributed by atoms with Gasteiger partial charge >= 0.3 is 0 Å². The third kappa shape index (κ3) is 3.81. The first-order valence-electron chi connectivity index (χ1n) is 9.44. The first-order chi connectivity index (χ1) is 11.5. The fraction of sp³-hybridized carbons (Fsp3) is 0.542. The fourth-order valence-electron chi connectivity index (χ4n) is 4.64. The Morgan fingerprint density at radius 2 is 1.20 bits per heavy atom. The van der Waals surface area contributed by atoms with Crippen LogP contribution in [0.4, 0.5) is 0 Å². The van der Waals surface area contributed by atoms with Gasteiger partial charge in [-0.15, -0.1) is 0 Å². The molecule has 0 aliphatic carbocycles. The fourth-order valence-corrected chi connectivity index (χ4v) is 4.64. The average Bonchev–Trinajstić information content (AvgIpc) is 2.54. The van der Waals surface area contributed by atoms with Crippen molar-refractivity contribution in [1.29, 1.82) is 0 Å². The highest BCUT2D eigenvalue weighted by atomic mass is 14.6. The number of aromatic nitrogens is 1. The smallest absolute Gasteiger partial charge is 0.0270 e. The summed E-state index contributed by atoms with van der Waals surface area (Å²) in [5, 5.41) is 0. The minimum atomic E-state index is 0.106. The van der Waals surface area contributed by atoms with Gasteiger partial charge in [0.2, 0.25) is 0 Å². The first kappa shape index (κ1) is 19.7. The van der Waals surface area contributed by atoms with E-state index in [0.717, 1.165) is 0 Å². The van der Waals surface area contributed by atoms with Crippen LogP contribution in [0.1, 0.15) is 78.4 Å². The lowest BCUT2D eigenvalue weighted by molar-refractivity contribution is 0.00964. The van der Waals surface area contributed by atoms with Crippen LogP contribution in [0, 0.1) is 16.2 Å². The van der Waals surface area contributed by atoms with Gasteiger partial charge in [0, 0.05) is 12.4 Å². The summed E-state index contributed by atoms with van der Waals surface area (Å²) in [4.78, 5) is 4.19. The van der Waals surface area contributed by atoms with Gasteiger partial charge in [-0.05, 0) is 51.3 Å². The third-order valence-corrected chi connectivity index (χ3v) is 6.67. The Bertz CT molecular complexity index is 662. The molecule has 136 valence electrons. The summed E-state index contributed by atoms with van der Waals surface area (Å²) in [5.74, 6) is 0.902. The number of hydrogen-bond donors (Lipinski definition) is 0. The van der Waals surface area contributed by atoms with Crippen LogP contribution in [-0.4, -0.2) is 4.98 Å². The van der Waals surface area contributed by atoms with Crippen LogP contribution < -0.4 is 0 Å². The minimum Gasteiger partial charge on any atom is -0.265 e. The molecule has 1 aromatic heterocycles. The molecule has 1 nitrogen and oxygen atoms in total. The SMILES string of the molecule is CC(c1ccncc1)C(C)(C)C(C)(C)C(c1ccccc1)C(C)(C)C. The molecule has 0 saturated heterocycles. The highest BCUT2D eigenvalue weighted by molar-refractivity contribution is 5.27. The van der Waals surface area contributed by atoms with Crippen LogP contribution in [0.25, 0.3) is 0 Å². The molecule has 0 aliphatic rings. The van der Waals surface area contributed by atoms with Crippen molar-refractivity contribution >= 4 is 0 Å². The number of hydrogen-bond acceptors (Lipinski definition) is 1. The Morgan fingerprint density at radius 3 is 1.68 bits per heavy atom. The van der Waals surface area contributed by atoms with Gasteiger partial charge in [0.1, 0.15) is 0 Å². The van der Waals surface area contributed by atoms with Gasteiger partial charge in [-0.25, -0.2) is 0 Å². The molecular formula is C24H35N. The van der Waals surface area contributed by atoms with Crippen molar-refractivity contribution in [3.05, 3.63) is 66.0 Å². The van der Waals surface area contributed by atoms with Crippen LogP contribution >= 0.6 is 0 Å². The van der Waals surface area contributed by atoms with Gasteiger partial charge in [-0.3, -0.25) is 4.98 Å². The van der Waals surface area contributed by atoms with Gasteiger partial charge in [-0.1, -0.05) is 85.7 Å². The van der Waals surface area contributed by atoms with Crippen LogP contribution in [0.5, 0.6) is 0 Å². The minimum absolute atomic E-state index is 0.106. The van der Waals surface area contributed by atoms with Crippen molar-refractivity contribution in [2.45, 2.75) is 67.2 Å². The van der Waals surface area contributed by atoms with Crippen molar-refractivity contribution in [3.8, 4) is 0 Å². The van der Waals surface area contributed by atoms with E-state index < -0.39 is 0 Å². The second kappa shape index (κ2) is 6.94. The summed E-state index contributed by atoms with van der Waals surface area (Å²) in [7, 11) is 0. The molecule has 0 aliphatic heterocycles. The van der Waals surface area contributed by atoms with Gasteiger partial charge in [0.25, 0.3) is 0 Å². The molecule has 0 spiro atoms. The lowest BCUT2D eigenvalue weighted by Crippen LogP contribution is -2.45. The van der Waals surface area contributed by atoms with Crippen LogP contribution in [0.2, 0.25) is 0 Å². The molecule has 2 atom stereocenters. The molecule has 0 saturated carbocycles. The van der Waals surface area contributed by atoms with Crippen molar-refractivity contribution in [3.63, 3.8) is 0 Å². The van der Waals surface area contributed by atoms with Crippen LogP contribution in [0.3, 0.4) is 0 Å². The Hall–Kier alpha value is -1.63. The number of benzene rings is 1. The highest BCUT2D eigenvalue weighted by Crippen LogP contribution is 2.60. The van der Waals surface area contributed by atoms with E-state index in [0.29, 0.717) is 11.8 Å². The maximum atomic E-state index is 4.19. The molecule has 0 amide bonds. The zero-order valence-electron chi connectivity index (χ0n) is 17.3. The molecule has 1 heteroatoms. The summed E-state index contributed by atoms with van der Waals surface area (Å²) in [5.41, 5.74) is 3.21. The lowest BCUT2D eigenvalue weighted by Gasteiger charge is -2.54. The molecule has 0 N–H and O–H groups in total. The second-order valence-corrected chi connectivity index (χ2v) is 9.66. The summed E-state index contributed by atoms with van der Waals surface area (Å²) < 4.78 is 0. The van der Waals surface area contributed by atoms with E-state index in [1.165, 1.54) is 11.1 Å². The van der Waals surface area contributed by atoms with E-state index in [9.17, 15) is 0 Å². The summed E-state index contributed by atoms with van der Waals surface area (Å²) in [6, 6.07) is 15.4. The van der Waals surface area contributed by atoms with E-state index in [1.807, 2.05) is 12.4 Å². The molecule has 0 radical (unpaired) electrons. The van der Waals surface area contributed by atoms with E-state index in [4.69, 9.17) is 0 Å². The maximum absolute atomic E-state index is 4.19. The summed E-state index contributed by atoms with van der Waals surface area (Å²) in [6.45, 7) is 19.3. The predicted molar refractivity (Wildman–Crippen MR) is 109 cm³/mol. The molecule has 2 aromatic rings. The van der Waals surface area contributed by atoms with Gasteiger partial charge < -0.3 is 0 Å². The van der Waals surface area contributed by atoms with E-state index in [1.54, 1.807) is 0 Å². The average molecular weight is 338 g/mol. The quantitative estimate of drug-likeness (QED) is 0.568. The number of rotatable bonds is 5. The molecule has 1 heterocycles. The normalized spacial score (nSPS) is 15.7. The molecule has 1 aromatic carbocycles. The lowest BCUT2D eigenvalue weighted by atomic mass is 9.50. The predicted octanol–water partition coefficient (Wildman–Crippen LogP) is 7.07. The van der Waals surface area contributed by atoms with E-state index in [2.05, 4.69) is 103 Å². The molecule has 2 rings (SSSR count). The van der Waals surface area contributed by atoms with Gasteiger partial charge in [-0.2, -0.15) is 0 Å². The molecular weight excluding hydrogens is 302 g/mol. The van der Waals surface area contributed by atoms with E-state index in [-0.39, 0.29) is 16.2 Å². The Morgan fingerprint density at radius 1 is 0.680 bits per heavy atom. The van der Waals surface area contributed by atoms with Gasteiger partial charge in [0.15, 0.2) is 0 Å². The third-order valence-electron chi connectivity index (χ3n) is 6.67. The standard InChI is InChI=1S/C24H35N/c1-18(19-14-16-25-17-15-19)23(5,6)24(7,8)21(22(2,3)4)20-12-10-9-11-13-20/h9-18,21H,1-8H3. The second-order valence-electron chi connectivity index (χ2n) is 9.66. The number of pyridine rings is 1. The highest BCUT2D eigenvalue weighted by Gasteiger charge is 2.50. The number of nitrogens with zero attached hydrogens (tertiary/aromatic N) is 1. The van der Waals surface area contributed by atoms with Crippen LogP contribution in [0.15, 0.2) is 54.9 Å². The largest absolute Gasteiger partial charge is 0.265 e. The van der Waals surface area contributed by atoms with Crippen molar-refractivity contribution in [2.75, 3.05) is 0 Å². The van der Waals surface area contributed by atoms with Gasteiger partial charge in [0.05, 0.1) is 0 Å². The zero-order valence-corrected chi connectivity index (χ0v) is 17.3. The Kier molecular flexibility index (Phi) is 5.47. The summed E-state index contributed by atoms with van der Waals surface area (Å²) in [6.07, 6.45) is 3.82. The molecule has 0 bridgehead atoms. The molecule has 25 heavy (non-hydrogen) atoms. The maximum Gasteiger partial charge on any atom is 0.0270 e. The Balaban J connectivity index is 2.51. The Labute approximate surface area is 154 Å². The van der Waals surface area contributed by atoms with Crippen molar-refractivity contribution in [1.82, 2.24) is 4.98 Å². The summed E-state index contributed by atoms with van der Waals surface area (Å²) >= 11 is 0.